The van der Waals surface area contributed by atoms with Crippen LogP contribution in [0.5, 0.6) is 5.75 Å². The number of hydrogen-bond donors (Lipinski definition) is 1. The molecule has 0 atom stereocenters. The van der Waals surface area contributed by atoms with Crippen LogP contribution in [0.15, 0.2) is 47.4 Å². The van der Waals surface area contributed by atoms with Gasteiger partial charge in [0, 0.05) is 0 Å². The molecule has 0 bridgehead atoms. The van der Waals surface area contributed by atoms with Gasteiger partial charge in [0.1, 0.15) is 12.4 Å². The molecule has 2 aromatic carbocycles. The van der Waals surface area contributed by atoms with E-state index in [1.807, 2.05) is 6.92 Å². The number of aryl methyl sites for hydroxylation is 1. The Hall–Kier alpha value is -2.26. The van der Waals surface area contributed by atoms with Gasteiger partial charge >= 0.3 is 0 Å². The lowest BCUT2D eigenvalue weighted by molar-refractivity contribution is 0.316. The van der Waals surface area contributed by atoms with Gasteiger partial charge in [-0.15, -0.1) is 0 Å². The molecule has 134 valence electrons. The highest BCUT2D eigenvalue weighted by Gasteiger charge is 2.26. The molecule has 1 aliphatic rings. The number of rotatable bonds is 4. The maximum Gasteiger partial charge on any atom is 0.261 e. The largest absolute Gasteiger partial charge is 0.489 e. The lowest BCUT2D eigenvalue weighted by atomic mass is 10.2. The third-order valence-electron chi connectivity index (χ3n) is 3.76. The Bertz CT molecular complexity index is 999. The molecule has 0 aromatic heterocycles. The molecule has 0 spiro atoms. The van der Waals surface area contributed by atoms with Crippen LogP contribution in [-0.2, 0) is 20.0 Å². The standard InChI is InChI=1S/C16H18N2O5S2/c1-12-3-6-14(7-4-12)25(21,22)17-13-5-8-16-15(11-13)18(9-10-23-16)24(2,19)20/h3-8,11,17H,9-10H2,1-2H3. The molecule has 0 saturated heterocycles. The van der Waals surface area contributed by atoms with Crippen molar-refractivity contribution >= 4 is 31.4 Å². The number of anilines is 2. The van der Waals surface area contributed by atoms with E-state index in [4.69, 9.17) is 4.74 Å². The molecule has 0 aliphatic carbocycles. The average molecular weight is 382 g/mol. The molecule has 3 rings (SSSR count). The second kappa shape index (κ2) is 6.23. The molecule has 0 radical (unpaired) electrons. The van der Waals surface area contributed by atoms with Gasteiger partial charge in [-0.1, -0.05) is 17.7 Å². The smallest absolute Gasteiger partial charge is 0.261 e. The van der Waals surface area contributed by atoms with Crippen molar-refractivity contribution < 1.29 is 21.6 Å². The van der Waals surface area contributed by atoms with Crippen LogP contribution >= 0.6 is 0 Å². The van der Waals surface area contributed by atoms with Crippen LogP contribution in [0, 0.1) is 6.92 Å². The third kappa shape index (κ3) is 3.72. The number of nitrogens with one attached hydrogen (secondary N) is 1. The van der Waals surface area contributed by atoms with E-state index in [2.05, 4.69) is 4.72 Å². The zero-order chi connectivity index (χ0) is 18.2. The van der Waals surface area contributed by atoms with Crippen LogP contribution in [0.1, 0.15) is 5.56 Å². The second-order valence-electron chi connectivity index (χ2n) is 5.78. The van der Waals surface area contributed by atoms with Crippen LogP contribution < -0.4 is 13.8 Å². The van der Waals surface area contributed by atoms with E-state index in [0.29, 0.717) is 11.4 Å². The molecule has 2 aromatic rings. The first-order valence-corrected chi connectivity index (χ1v) is 10.8. The molecule has 0 unspecified atom stereocenters. The van der Waals surface area contributed by atoms with Crippen LogP contribution in [0.25, 0.3) is 0 Å². The highest BCUT2D eigenvalue weighted by atomic mass is 32.2. The molecule has 1 aliphatic heterocycles. The monoisotopic (exact) mass is 382 g/mol. The number of ether oxygens (including phenoxy) is 1. The van der Waals surface area contributed by atoms with E-state index < -0.39 is 20.0 Å². The van der Waals surface area contributed by atoms with Gasteiger partial charge < -0.3 is 4.74 Å². The fourth-order valence-corrected chi connectivity index (χ4v) is 4.49. The van der Waals surface area contributed by atoms with Gasteiger partial charge in [-0.05, 0) is 37.3 Å². The molecular formula is C16H18N2O5S2. The first-order chi connectivity index (χ1) is 11.7. The van der Waals surface area contributed by atoms with Crippen molar-refractivity contribution in [2.45, 2.75) is 11.8 Å². The van der Waals surface area contributed by atoms with Gasteiger partial charge in [0.25, 0.3) is 10.0 Å². The van der Waals surface area contributed by atoms with Crippen molar-refractivity contribution in [3.8, 4) is 5.75 Å². The third-order valence-corrected chi connectivity index (χ3v) is 6.34. The van der Waals surface area contributed by atoms with E-state index in [1.54, 1.807) is 18.2 Å². The zero-order valence-corrected chi connectivity index (χ0v) is 15.4. The van der Waals surface area contributed by atoms with Gasteiger partial charge in [-0.25, -0.2) is 16.8 Å². The second-order valence-corrected chi connectivity index (χ2v) is 9.37. The summed E-state index contributed by atoms with van der Waals surface area (Å²) in [6.45, 7) is 2.29. The fourth-order valence-electron chi connectivity index (χ4n) is 2.53. The number of fused-ring (bicyclic) bond motifs is 1. The summed E-state index contributed by atoms with van der Waals surface area (Å²) in [5.41, 5.74) is 1.53. The van der Waals surface area contributed by atoms with E-state index in [-0.39, 0.29) is 23.7 Å². The van der Waals surface area contributed by atoms with Crippen LogP contribution in [0.4, 0.5) is 11.4 Å². The SMILES string of the molecule is Cc1ccc(S(=O)(=O)Nc2ccc3c(c2)N(S(C)(=O)=O)CCO3)cc1. The molecular weight excluding hydrogens is 364 g/mol. The fraction of sp³-hybridized carbons (Fsp3) is 0.250. The number of hydrogen-bond acceptors (Lipinski definition) is 5. The van der Waals surface area contributed by atoms with Gasteiger partial charge in [0.2, 0.25) is 10.0 Å². The van der Waals surface area contributed by atoms with Crippen LogP contribution in [0.3, 0.4) is 0 Å². The summed E-state index contributed by atoms with van der Waals surface area (Å²) in [6, 6.07) is 11.0. The number of benzene rings is 2. The van der Waals surface area contributed by atoms with Gasteiger partial charge in [0.15, 0.2) is 0 Å². The predicted octanol–water partition coefficient (Wildman–Crippen LogP) is 1.95. The van der Waals surface area contributed by atoms with E-state index in [9.17, 15) is 16.8 Å². The van der Waals surface area contributed by atoms with Gasteiger partial charge in [-0.3, -0.25) is 9.03 Å². The molecule has 0 fully saturated rings. The molecule has 1 heterocycles. The normalized spacial score (nSPS) is 14.6. The number of nitrogens with zero attached hydrogens (tertiary/aromatic N) is 1. The lowest BCUT2D eigenvalue weighted by Gasteiger charge is -2.29. The first-order valence-electron chi connectivity index (χ1n) is 7.51. The van der Waals surface area contributed by atoms with Gasteiger partial charge in [-0.2, -0.15) is 0 Å². The maximum absolute atomic E-state index is 12.5. The Labute approximate surface area is 147 Å². The lowest BCUT2D eigenvalue weighted by Crippen LogP contribution is -2.37. The minimum atomic E-state index is -3.77. The predicted molar refractivity (Wildman–Crippen MR) is 96.1 cm³/mol. The van der Waals surface area contributed by atoms with E-state index >= 15 is 0 Å². The van der Waals surface area contributed by atoms with Crippen molar-refractivity contribution in [3.05, 3.63) is 48.0 Å². The van der Waals surface area contributed by atoms with Crippen molar-refractivity contribution in [1.29, 1.82) is 0 Å². The van der Waals surface area contributed by atoms with E-state index in [0.717, 1.165) is 11.8 Å². The Morgan fingerprint density at radius 3 is 2.36 bits per heavy atom. The highest BCUT2D eigenvalue weighted by Crippen LogP contribution is 2.36. The molecule has 7 nitrogen and oxygen atoms in total. The Morgan fingerprint density at radius 1 is 1.04 bits per heavy atom. The quantitative estimate of drug-likeness (QED) is 0.872. The van der Waals surface area contributed by atoms with E-state index in [1.165, 1.54) is 28.6 Å². The van der Waals surface area contributed by atoms with Crippen LogP contribution in [0.2, 0.25) is 0 Å². The summed E-state index contributed by atoms with van der Waals surface area (Å²) in [5.74, 6) is 0.398. The molecule has 9 heteroatoms. The minimum Gasteiger partial charge on any atom is -0.489 e. The van der Waals surface area contributed by atoms with Crippen molar-refractivity contribution in [3.63, 3.8) is 0 Å². The Balaban J connectivity index is 1.95. The molecule has 1 N–H and O–H groups in total. The summed E-state index contributed by atoms with van der Waals surface area (Å²) < 4.78 is 58.0. The van der Waals surface area contributed by atoms with Gasteiger partial charge in [0.05, 0.1) is 29.1 Å². The van der Waals surface area contributed by atoms with Crippen molar-refractivity contribution in [2.75, 3.05) is 28.4 Å². The minimum absolute atomic E-state index is 0.132. The maximum atomic E-state index is 12.5. The summed E-state index contributed by atoms with van der Waals surface area (Å²) >= 11 is 0. The molecule has 0 amide bonds. The topological polar surface area (TPSA) is 92.8 Å². The Kier molecular flexibility index (Phi) is 4.38. The average Bonchev–Trinajstić information content (AvgIpc) is 2.53. The molecule has 0 saturated carbocycles. The number of sulfonamides is 2. The molecule has 25 heavy (non-hydrogen) atoms. The Morgan fingerprint density at radius 2 is 1.72 bits per heavy atom. The summed E-state index contributed by atoms with van der Waals surface area (Å²) in [5, 5.41) is 0. The summed E-state index contributed by atoms with van der Waals surface area (Å²) in [6.07, 6.45) is 1.10. The summed E-state index contributed by atoms with van der Waals surface area (Å²) in [7, 11) is -7.25. The van der Waals surface area contributed by atoms with Crippen molar-refractivity contribution in [1.82, 2.24) is 0 Å². The highest BCUT2D eigenvalue weighted by molar-refractivity contribution is 7.92. The van der Waals surface area contributed by atoms with Crippen molar-refractivity contribution in [2.24, 2.45) is 0 Å². The zero-order valence-electron chi connectivity index (χ0n) is 13.8. The first kappa shape index (κ1) is 17.6. The van der Waals surface area contributed by atoms with Crippen LogP contribution in [-0.4, -0.2) is 36.2 Å². The summed E-state index contributed by atoms with van der Waals surface area (Å²) in [4.78, 5) is 0.132.